The number of thiazole rings is 1. The van der Waals surface area contributed by atoms with Crippen molar-refractivity contribution in [3.8, 4) is 28.5 Å². The third-order valence-corrected chi connectivity index (χ3v) is 9.43. The zero-order valence-electron chi connectivity index (χ0n) is 18.6. The van der Waals surface area contributed by atoms with Crippen LogP contribution < -0.4 is 19.1 Å². The van der Waals surface area contributed by atoms with Crippen molar-refractivity contribution in [3.63, 3.8) is 0 Å². The molecular weight excluding hydrogens is 528 g/mol. The summed E-state index contributed by atoms with van der Waals surface area (Å²) in [7, 11) is 1.23. The molecule has 7 nitrogen and oxygen atoms in total. The molecule has 2 heterocycles. The Bertz CT molecular complexity index is 1240. The molecule has 1 fully saturated rings. The van der Waals surface area contributed by atoms with Crippen molar-refractivity contribution in [2.45, 2.75) is 23.0 Å². The minimum absolute atomic E-state index is 0.236. The van der Waals surface area contributed by atoms with Gasteiger partial charge in [-0.15, -0.1) is 11.3 Å². The van der Waals surface area contributed by atoms with E-state index in [1.165, 1.54) is 18.4 Å². The van der Waals surface area contributed by atoms with Crippen LogP contribution in [0, 0.1) is 0 Å². The number of hydrogen-bond acceptors (Lipinski definition) is 8. The summed E-state index contributed by atoms with van der Waals surface area (Å²) in [4.78, 5) is 7.19. The molecule has 176 valence electrons. The second kappa shape index (κ2) is 9.90. The lowest BCUT2D eigenvalue weighted by molar-refractivity contribution is 0.401. The van der Waals surface area contributed by atoms with Crippen LogP contribution in [0.1, 0.15) is 12.8 Å². The van der Waals surface area contributed by atoms with Crippen LogP contribution in [0.5, 0.6) is 17.2 Å². The summed E-state index contributed by atoms with van der Waals surface area (Å²) >= 11 is 4.91. The maximum atomic E-state index is 13.3. The molecule has 0 amide bonds. The summed E-state index contributed by atoms with van der Waals surface area (Å²) in [6.45, 7) is 1.23. The van der Waals surface area contributed by atoms with Crippen LogP contribution in [-0.2, 0) is 9.84 Å². The van der Waals surface area contributed by atoms with Gasteiger partial charge in [0, 0.05) is 28.5 Å². The summed E-state index contributed by atoms with van der Waals surface area (Å²) in [6, 6.07) is 10.7. The Morgan fingerprint density at radius 3 is 2.36 bits per heavy atom. The molecule has 2 aromatic carbocycles. The van der Waals surface area contributed by atoms with Gasteiger partial charge in [-0.3, -0.25) is 0 Å². The van der Waals surface area contributed by atoms with Crippen molar-refractivity contribution >= 4 is 42.2 Å². The van der Waals surface area contributed by atoms with E-state index in [9.17, 15) is 8.42 Å². The Balaban J connectivity index is 1.51. The topological polar surface area (TPSA) is 78.0 Å². The number of aromatic nitrogens is 1. The van der Waals surface area contributed by atoms with Gasteiger partial charge in [-0.1, -0.05) is 15.9 Å². The number of methoxy groups -OCH3 is 3. The minimum Gasteiger partial charge on any atom is -0.497 e. The first kappa shape index (κ1) is 23.8. The van der Waals surface area contributed by atoms with E-state index in [2.05, 4.69) is 20.8 Å². The van der Waals surface area contributed by atoms with Gasteiger partial charge in [-0.25, -0.2) is 13.4 Å². The van der Waals surface area contributed by atoms with Gasteiger partial charge in [0.1, 0.15) is 22.1 Å². The lowest BCUT2D eigenvalue weighted by atomic mass is 10.1. The van der Waals surface area contributed by atoms with Crippen molar-refractivity contribution in [1.29, 1.82) is 0 Å². The Hall–Kier alpha value is -2.30. The fraction of sp³-hybridized carbons (Fsp3) is 0.348. The molecule has 3 aromatic rings. The molecule has 0 N–H and O–H groups in total. The van der Waals surface area contributed by atoms with E-state index >= 15 is 0 Å². The second-order valence-corrected chi connectivity index (χ2v) is 11.6. The van der Waals surface area contributed by atoms with Crippen LogP contribution in [0.15, 0.2) is 51.1 Å². The first-order valence-corrected chi connectivity index (χ1v) is 13.6. The number of hydrogen-bond donors (Lipinski definition) is 0. The van der Waals surface area contributed by atoms with Gasteiger partial charge < -0.3 is 19.1 Å². The summed E-state index contributed by atoms with van der Waals surface area (Å²) in [5.41, 5.74) is 1.66. The summed E-state index contributed by atoms with van der Waals surface area (Å²) in [5, 5.41) is 2.39. The molecule has 0 unspecified atom stereocenters. The highest BCUT2D eigenvalue weighted by molar-refractivity contribution is 9.10. The predicted molar refractivity (Wildman–Crippen MR) is 134 cm³/mol. The van der Waals surface area contributed by atoms with E-state index in [0.29, 0.717) is 36.2 Å². The molecule has 4 rings (SSSR count). The monoisotopic (exact) mass is 552 g/mol. The molecule has 1 aliphatic rings. The van der Waals surface area contributed by atoms with E-state index in [4.69, 9.17) is 19.2 Å². The fourth-order valence-electron chi connectivity index (χ4n) is 3.96. The van der Waals surface area contributed by atoms with Gasteiger partial charge in [0.25, 0.3) is 0 Å². The molecule has 10 heteroatoms. The zero-order chi connectivity index (χ0) is 23.6. The molecule has 33 heavy (non-hydrogen) atoms. The summed E-state index contributed by atoms with van der Waals surface area (Å²) in [6.07, 6.45) is 1.05. The maximum Gasteiger partial charge on any atom is 0.185 e. The van der Waals surface area contributed by atoms with Gasteiger partial charge in [-0.05, 0) is 49.2 Å². The maximum absolute atomic E-state index is 13.3. The van der Waals surface area contributed by atoms with Crippen LogP contribution in [-0.4, -0.2) is 53.1 Å². The lowest BCUT2D eigenvalue weighted by Gasteiger charge is -2.31. The van der Waals surface area contributed by atoms with Crippen molar-refractivity contribution in [3.05, 3.63) is 46.3 Å². The zero-order valence-corrected chi connectivity index (χ0v) is 21.8. The highest BCUT2D eigenvalue weighted by Crippen LogP contribution is 2.38. The first-order chi connectivity index (χ1) is 15.9. The average molecular weight is 554 g/mol. The van der Waals surface area contributed by atoms with Crippen LogP contribution in [0.3, 0.4) is 0 Å². The molecule has 0 bridgehead atoms. The molecule has 1 aromatic heterocycles. The molecule has 1 aliphatic heterocycles. The van der Waals surface area contributed by atoms with Crippen molar-refractivity contribution < 1.29 is 22.6 Å². The van der Waals surface area contributed by atoms with Gasteiger partial charge >= 0.3 is 0 Å². The molecule has 0 radical (unpaired) electrons. The Kier molecular flexibility index (Phi) is 7.16. The van der Waals surface area contributed by atoms with Crippen molar-refractivity contribution in [1.82, 2.24) is 4.98 Å². The molecule has 0 atom stereocenters. The van der Waals surface area contributed by atoms with E-state index < -0.39 is 15.1 Å². The number of halogens is 1. The number of ether oxygens (including phenoxy) is 3. The number of piperidine rings is 1. The second-order valence-electron chi connectivity index (χ2n) is 7.61. The van der Waals surface area contributed by atoms with E-state index in [1.807, 2.05) is 23.6 Å². The van der Waals surface area contributed by atoms with Crippen molar-refractivity contribution in [2.24, 2.45) is 0 Å². The SMILES string of the molecule is COc1ccc(OC)c(-c2csc(N3CCC(S(=O)(=O)c4cc(Br)ccc4OC)CC3)n2)c1. The van der Waals surface area contributed by atoms with Crippen LogP contribution in [0.2, 0.25) is 0 Å². The first-order valence-electron chi connectivity index (χ1n) is 10.4. The van der Waals surface area contributed by atoms with Gasteiger partial charge in [0.15, 0.2) is 15.0 Å². The van der Waals surface area contributed by atoms with Gasteiger partial charge in [-0.2, -0.15) is 0 Å². The highest BCUT2D eigenvalue weighted by Gasteiger charge is 2.34. The normalized spacial score (nSPS) is 14.8. The number of rotatable bonds is 7. The largest absolute Gasteiger partial charge is 0.497 e. The highest BCUT2D eigenvalue weighted by atomic mass is 79.9. The number of benzene rings is 2. The van der Waals surface area contributed by atoms with E-state index in [0.717, 1.165) is 27.9 Å². The van der Waals surface area contributed by atoms with Crippen LogP contribution >= 0.6 is 27.3 Å². The quantitative estimate of drug-likeness (QED) is 0.406. The summed E-state index contributed by atoms with van der Waals surface area (Å²) < 4.78 is 43.5. The third kappa shape index (κ3) is 4.83. The summed E-state index contributed by atoms with van der Waals surface area (Å²) in [5.74, 6) is 1.83. The number of nitrogens with zero attached hydrogens (tertiary/aromatic N) is 2. The Morgan fingerprint density at radius 1 is 1.00 bits per heavy atom. The lowest BCUT2D eigenvalue weighted by Crippen LogP contribution is -2.39. The predicted octanol–water partition coefficient (Wildman–Crippen LogP) is 5.04. The van der Waals surface area contributed by atoms with Crippen LogP contribution in [0.4, 0.5) is 5.13 Å². The van der Waals surface area contributed by atoms with E-state index in [1.54, 1.807) is 32.4 Å². The van der Waals surface area contributed by atoms with E-state index in [-0.39, 0.29) is 4.90 Å². The standard InChI is InChI=1S/C23H25BrN2O5S2/c1-29-16-5-7-20(30-2)18(13-16)19-14-32-23(25-19)26-10-8-17(9-11-26)33(27,28)22-12-15(24)4-6-21(22)31-3/h4-7,12-14,17H,8-11H2,1-3H3. The van der Waals surface area contributed by atoms with Crippen LogP contribution in [0.25, 0.3) is 11.3 Å². The third-order valence-electron chi connectivity index (χ3n) is 5.76. The molecule has 0 aliphatic carbocycles. The van der Waals surface area contributed by atoms with Gasteiger partial charge in [0.2, 0.25) is 0 Å². The molecule has 0 spiro atoms. The fourth-order valence-corrected chi connectivity index (χ4v) is 7.26. The molecule has 0 saturated carbocycles. The molecular formula is C23H25BrN2O5S2. The smallest absolute Gasteiger partial charge is 0.185 e. The minimum atomic E-state index is -3.52. The molecule has 1 saturated heterocycles. The van der Waals surface area contributed by atoms with Gasteiger partial charge in [0.05, 0.1) is 32.3 Å². The average Bonchev–Trinajstić information content (AvgIpc) is 3.34. The Morgan fingerprint density at radius 2 is 1.70 bits per heavy atom. The number of anilines is 1. The number of sulfone groups is 1. The Labute approximate surface area is 206 Å². The van der Waals surface area contributed by atoms with Crippen molar-refractivity contribution in [2.75, 3.05) is 39.3 Å².